The van der Waals surface area contributed by atoms with E-state index in [4.69, 9.17) is 20.0 Å². The summed E-state index contributed by atoms with van der Waals surface area (Å²) in [6, 6.07) is 16.8. The average molecular weight is 304 g/mol. The number of methoxy groups -OCH3 is 1. The summed E-state index contributed by atoms with van der Waals surface area (Å²) in [4.78, 5) is 12.1. The highest BCUT2D eigenvalue weighted by molar-refractivity contribution is 5.94. The van der Waals surface area contributed by atoms with Gasteiger partial charge in [0.05, 0.1) is 7.11 Å². The number of benzene rings is 2. The van der Waals surface area contributed by atoms with Crippen molar-refractivity contribution in [3.05, 3.63) is 65.2 Å². The molecule has 0 N–H and O–H groups in total. The molecule has 0 atom stereocenters. The predicted octanol–water partition coefficient (Wildman–Crippen LogP) is 3.34. The van der Waals surface area contributed by atoms with Crippen LogP contribution in [0.25, 0.3) is 6.08 Å². The third-order valence-electron chi connectivity index (χ3n) is 2.97. The molecule has 0 aliphatic rings. The normalized spacial score (nSPS) is 9.17. The maximum Gasteiger partial charge on any atom is 0.347 e. The van der Waals surface area contributed by atoms with E-state index in [1.165, 1.54) is 13.2 Å². The molecule has 2 aromatic carbocycles. The quantitative estimate of drug-likeness (QED) is 0.491. The van der Waals surface area contributed by atoms with Gasteiger partial charge in [-0.15, -0.1) is 0 Å². The molecule has 0 amide bonds. The summed E-state index contributed by atoms with van der Waals surface area (Å²) in [6.07, 6.45) is 1.45. The second-order valence-corrected chi connectivity index (χ2v) is 4.44. The molecular formula is C18H12N2O3. The maximum atomic E-state index is 12.1. The molecule has 0 aliphatic heterocycles. The van der Waals surface area contributed by atoms with E-state index in [-0.39, 0.29) is 5.57 Å². The van der Waals surface area contributed by atoms with Gasteiger partial charge in [0.15, 0.2) is 0 Å². The molecule has 0 unspecified atom stereocenters. The van der Waals surface area contributed by atoms with E-state index in [1.54, 1.807) is 60.7 Å². The van der Waals surface area contributed by atoms with Gasteiger partial charge < -0.3 is 9.47 Å². The SMILES string of the molecule is COc1ccccc1C(=O)Oc1ccc(C=C(C#N)C#N)cc1. The van der Waals surface area contributed by atoms with Gasteiger partial charge in [0, 0.05) is 0 Å². The van der Waals surface area contributed by atoms with Crippen molar-refractivity contribution in [1.29, 1.82) is 10.5 Å². The number of ether oxygens (including phenoxy) is 2. The van der Waals surface area contributed by atoms with Gasteiger partial charge >= 0.3 is 5.97 Å². The van der Waals surface area contributed by atoms with Gasteiger partial charge in [-0.3, -0.25) is 0 Å². The summed E-state index contributed by atoms with van der Waals surface area (Å²) in [7, 11) is 1.48. The summed E-state index contributed by atoms with van der Waals surface area (Å²) in [5.41, 5.74) is 0.999. The van der Waals surface area contributed by atoms with E-state index in [9.17, 15) is 4.79 Å². The summed E-state index contributed by atoms with van der Waals surface area (Å²) in [5.74, 6) is 0.263. The van der Waals surface area contributed by atoms with Crippen molar-refractivity contribution in [3.8, 4) is 23.6 Å². The molecular weight excluding hydrogens is 292 g/mol. The molecule has 0 saturated carbocycles. The highest BCUT2D eigenvalue weighted by Crippen LogP contribution is 2.21. The number of esters is 1. The molecule has 0 heterocycles. The third-order valence-corrected chi connectivity index (χ3v) is 2.97. The highest BCUT2D eigenvalue weighted by Gasteiger charge is 2.13. The van der Waals surface area contributed by atoms with E-state index < -0.39 is 5.97 Å². The average Bonchev–Trinajstić information content (AvgIpc) is 2.61. The minimum Gasteiger partial charge on any atom is -0.496 e. The number of rotatable bonds is 4. The Balaban J connectivity index is 2.16. The van der Waals surface area contributed by atoms with E-state index in [1.807, 2.05) is 0 Å². The lowest BCUT2D eigenvalue weighted by molar-refractivity contribution is 0.0731. The van der Waals surface area contributed by atoms with Crippen LogP contribution in [0.15, 0.2) is 54.1 Å². The minimum absolute atomic E-state index is 0.00349. The predicted molar refractivity (Wildman–Crippen MR) is 83.6 cm³/mol. The van der Waals surface area contributed by atoms with Crippen molar-refractivity contribution in [2.24, 2.45) is 0 Å². The Bertz CT molecular complexity index is 809. The maximum absolute atomic E-state index is 12.1. The first-order chi connectivity index (χ1) is 11.2. The third kappa shape index (κ3) is 3.96. The van der Waals surface area contributed by atoms with Crippen LogP contribution in [-0.2, 0) is 0 Å². The Kier molecular flexibility index (Phi) is 5.12. The first kappa shape index (κ1) is 15.8. The van der Waals surface area contributed by atoms with Gasteiger partial charge in [-0.05, 0) is 35.9 Å². The number of carbonyl (C=O) groups is 1. The topological polar surface area (TPSA) is 83.1 Å². The number of hydrogen-bond acceptors (Lipinski definition) is 5. The van der Waals surface area contributed by atoms with Crippen LogP contribution in [-0.4, -0.2) is 13.1 Å². The number of para-hydroxylation sites is 1. The molecule has 0 fully saturated rings. The number of nitrogens with zero attached hydrogens (tertiary/aromatic N) is 2. The van der Waals surface area contributed by atoms with Crippen molar-refractivity contribution in [2.75, 3.05) is 7.11 Å². The summed E-state index contributed by atoms with van der Waals surface area (Å²) >= 11 is 0. The lowest BCUT2D eigenvalue weighted by Gasteiger charge is -2.08. The van der Waals surface area contributed by atoms with Crippen molar-refractivity contribution >= 4 is 12.0 Å². The van der Waals surface area contributed by atoms with Gasteiger partial charge in [0.1, 0.15) is 34.8 Å². The second kappa shape index (κ2) is 7.44. The Hall–Kier alpha value is -3.57. The molecule has 5 heteroatoms. The lowest BCUT2D eigenvalue weighted by Crippen LogP contribution is -2.09. The summed E-state index contributed by atoms with van der Waals surface area (Å²) in [6.45, 7) is 0. The van der Waals surface area contributed by atoms with Crippen LogP contribution < -0.4 is 9.47 Å². The van der Waals surface area contributed by atoms with Crippen LogP contribution in [0.2, 0.25) is 0 Å². The van der Waals surface area contributed by atoms with E-state index in [0.29, 0.717) is 22.6 Å². The van der Waals surface area contributed by atoms with Crippen molar-refractivity contribution in [3.63, 3.8) is 0 Å². The second-order valence-electron chi connectivity index (χ2n) is 4.44. The fourth-order valence-corrected chi connectivity index (χ4v) is 1.86. The zero-order valence-corrected chi connectivity index (χ0v) is 12.3. The Morgan fingerprint density at radius 1 is 1.04 bits per heavy atom. The van der Waals surface area contributed by atoms with Crippen molar-refractivity contribution in [1.82, 2.24) is 0 Å². The Morgan fingerprint density at radius 2 is 1.70 bits per heavy atom. The van der Waals surface area contributed by atoms with Gasteiger partial charge in [-0.25, -0.2) is 4.79 Å². The number of carbonyl (C=O) groups excluding carboxylic acids is 1. The standard InChI is InChI=1S/C18H12N2O3/c1-22-17-5-3-2-4-16(17)18(21)23-15-8-6-13(7-9-15)10-14(11-19)12-20/h2-10H,1H3. The Morgan fingerprint density at radius 3 is 2.30 bits per heavy atom. The minimum atomic E-state index is -0.527. The van der Waals surface area contributed by atoms with Gasteiger partial charge in [0.25, 0.3) is 0 Å². The fraction of sp³-hybridized carbons (Fsp3) is 0.0556. The van der Waals surface area contributed by atoms with Crippen LogP contribution in [0.1, 0.15) is 15.9 Å². The first-order valence-electron chi connectivity index (χ1n) is 6.65. The number of nitriles is 2. The molecule has 0 spiro atoms. The van der Waals surface area contributed by atoms with E-state index in [2.05, 4.69) is 0 Å². The molecule has 0 aliphatic carbocycles. The van der Waals surface area contributed by atoms with Crippen molar-refractivity contribution in [2.45, 2.75) is 0 Å². The zero-order valence-electron chi connectivity index (χ0n) is 12.3. The summed E-state index contributed by atoms with van der Waals surface area (Å²) in [5, 5.41) is 17.4. The van der Waals surface area contributed by atoms with E-state index >= 15 is 0 Å². The van der Waals surface area contributed by atoms with Gasteiger partial charge in [-0.2, -0.15) is 10.5 Å². The van der Waals surface area contributed by atoms with Gasteiger partial charge in [-0.1, -0.05) is 24.3 Å². The smallest absolute Gasteiger partial charge is 0.347 e. The zero-order chi connectivity index (χ0) is 16.7. The molecule has 0 bridgehead atoms. The van der Waals surface area contributed by atoms with Crippen molar-refractivity contribution < 1.29 is 14.3 Å². The molecule has 0 saturated heterocycles. The summed E-state index contributed by atoms with van der Waals surface area (Å²) < 4.78 is 10.4. The van der Waals surface area contributed by atoms with E-state index in [0.717, 1.165) is 0 Å². The molecule has 0 aromatic heterocycles. The first-order valence-corrected chi connectivity index (χ1v) is 6.65. The molecule has 0 radical (unpaired) electrons. The van der Waals surface area contributed by atoms with Crippen LogP contribution in [0.5, 0.6) is 11.5 Å². The Labute approximate surface area is 133 Å². The number of hydrogen-bond donors (Lipinski definition) is 0. The molecule has 2 rings (SSSR count). The molecule has 5 nitrogen and oxygen atoms in total. The van der Waals surface area contributed by atoms with Crippen LogP contribution in [0.3, 0.4) is 0 Å². The highest BCUT2D eigenvalue weighted by atomic mass is 16.5. The monoisotopic (exact) mass is 304 g/mol. The fourth-order valence-electron chi connectivity index (χ4n) is 1.86. The molecule has 23 heavy (non-hydrogen) atoms. The van der Waals surface area contributed by atoms with Crippen LogP contribution >= 0.6 is 0 Å². The van der Waals surface area contributed by atoms with Gasteiger partial charge in [0.2, 0.25) is 0 Å². The van der Waals surface area contributed by atoms with Crippen LogP contribution in [0, 0.1) is 22.7 Å². The molecule has 2 aromatic rings. The largest absolute Gasteiger partial charge is 0.496 e. The molecule has 112 valence electrons. The number of allylic oxidation sites excluding steroid dienone is 1. The lowest BCUT2D eigenvalue weighted by atomic mass is 10.1. The van der Waals surface area contributed by atoms with Crippen LogP contribution in [0.4, 0.5) is 0 Å².